The lowest BCUT2D eigenvalue weighted by Gasteiger charge is -2.05. The van der Waals surface area contributed by atoms with E-state index in [1.165, 1.54) is 31.5 Å². The van der Waals surface area contributed by atoms with Crippen LogP contribution in [0.3, 0.4) is 0 Å². The van der Waals surface area contributed by atoms with Crippen molar-refractivity contribution >= 4 is 34.3 Å². The van der Waals surface area contributed by atoms with Crippen molar-refractivity contribution in [3.63, 3.8) is 0 Å². The third-order valence-electron chi connectivity index (χ3n) is 3.46. The molecule has 0 saturated carbocycles. The van der Waals surface area contributed by atoms with Crippen molar-refractivity contribution < 1.29 is 18.9 Å². The van der Waals surface area contributed by atoms with Crippen molar-refractivity contribution in [1.29, 1.82) is 0 Å². The molecule has 3 aromatic rings. The molecule has 0 aliphatic rings. The van der Waals surface area contributed by atoms with Crippen molar-refractivity contribution in [1.82, 2.24) is 15.6 Å². The molecule has 3 N–H and O–H groups in total. The Kier molecular flexibility index (Phi) is 5.60. The Morgan fingerprint density at radius 1 is 1.43 bits per heavy atom. The van der Waals surface area contributed by atoms with Crippen LogP contribution >= 0.6 is 11.3 Å². The summed E-state index contributed by atoms with van der Waals surface area (Å²) in [5, 5.41) is 22.8. The van der Waals surface area contributed by atoms with Crippen LogP contribution in [0, 0.1) is 10.1 Å². The second-order valence-electron chi connectivity index (χ2n) is 5.35. The number of anilines is 1. The summed E-state index contributed by atoms with van der Waals surface area (Å²) in [6, 6.07) is 7.50. The van der Waals surface area contributed by atoms with E-state index >= 15 is 0 Å². The molecule has 0 unspecified atom stereocenters. The topological polar surface area (TPSA) is 159 Å². The van der Waals surface area contributed by atoms with E-state index in [1.54, 1.807) is 12.1 Å². The third kappa shape index (κ3) is 4.48. The van der Waals surface area contributed by atoms with Gasteiger partial charge in [-0.2, -0.15) is 5.10 Å². The summed E-state index contributed by atoms with van der Waals surface area (Å²) in [4.78, 5) is 22.1. The normalized spacial score (nSPS) is 10.9. The number of carbonyl (C=O) groups is 1. The summed E-state index contributed by atoms with van der Waals surface area (Å²) in [6.07, 6.45) is 1.34. The van der Waals surface area contributed by atoms with E-state index in [0.29, 0.717) is 27.8 Å². The molecule has 0 fully saturated rings. The van der Waals surface area contributed by atoms with Crippen LogP contribution in [0.5, 0.6) is 5.75 Å². The Hall–Kier alpha value is -3.80. The van der Waals surface area contributed by atoms with Crippen LogP contribution in [0.15, 0.2) is 39.9 Å². The first-order chi connectivity index (χ1) is 13.5. The smallest absolute Gasteiger partial charge is 0.273 e. The highest BCUT2D eigenvalue weighted by atomic mass is 32.1. The van der Waals surface area contributed by atoms with Gasteiger partial charge in [0.1, 0.15) is 22.3 Å². The molecule has 1 amide bonds. The number of hydrazone groups is 1. The molecular weight excluding hydrogens is 388 g/mol. The molecule has 3 rings (SSSR count). The Morgan fingerprint density at radius 2 is 2.25 bits per heavy atom. The Labute approximate surface area is 162 Å². The summed E-state index contributed by atoms with van der Waals surface area (Å²) in [7, 11) is 1.41. The van der Waals surface area contributed by atoms with Gasteiger partial charge in [0.25, 0.3) is 5.69 Å². The lowest BCUT2D eigenvalue weighted by Crippen LogP contribution is -2.19. The van der Waals surface area contributed by atoms with Gasteiger partial charge in [-0.1, -0.05) is 11.3 Å². The van der Waals surface area contributed by atoms with Gasteiger partial charge in [-0.3, -0.25) is 14.9 Å². The molecule has 0 radical (unpaired) electrons. The highest BCUT2D eigenvalue weighted by Crippen LogP contribution is 2.33. The van der Waals surface area contributed by atoms with Crippen molar-refractivity contribution in [3.8, 4) is 17.1 Å². The number of nitrogens with two attached hydrogens (primary N) is 1. The van der Waals surface area contributed by atoms with Crippen LogP contribution in [0.2, 0.25) is 0 Å². The molecule has 11 nitrogen and oxygen atoms in total. The predicted octanol–water partition coefficient (Wildman–Crippen LogP) is 1.99. The Balaban J connectivity index is 1.66. The molecule has 144 valence electrons. The number of hydrogen-bond donors (Lipinski definition) is 2. The number of rotatable bonds is 7. The molecular formula is C16H14N6O5S. The van der Waals surface area contributed by atoms with Gasteiger partial charge < -0.3 is 14.9 Å². The minimum absolute atomic E-state index is 0.00953. The number of nitrogens with one attached hydrogen (secondary N) is 1. The minimum Gasteiger partial charge on any atom is -0.496 e. The quantitative estimate of drug-likeness (QED) is 0.345. The third-order valence-corrected chi connectivity index (χ3v) is 4.22. The average molecular weight is 402 g/mol. The van der Waals surface area contributed by atoms with Gasteiger partial charge in [-0.15, -0.1) is 10.2 Å². The summed E-state index contributed by atoms with van der Waals surface area (Å²) in [5.41, 5.74) is 8.26. The molecule has 1 aromatic carbocycles. The number of carbonyl (C=O) groups excluding carboxylic acids is 1. The molecule has 2 heterocycles. The van der Waals surface area contributed by atoms with E-state index in [0.717, 1.165) is 11.3 Å². The highest BCUT2D eigenvalue weighted by molar-refractivity contribution is 7.15. The van der Waals surface area contributed by atoms with Gasteiger partial charge >= 0.3 is 0 Å². The Morgan fingerprint density at radius 3 is 2.93 bits per heavy atom. The fourth-order valence-electron chi connectivity index (χ4n) is 2.25. The molecule has 12 heteroatoms. The fourth-order valence-corrected chi connectivity index (χ4v) is 2.85. The number of nitrogens with zero attached hydrogens (tertiary/aromatic N) is 4. The maximum atomic E-state index is 11.8. The second kappa shape index (κ2) is 8.26. The van der Waals surface area contributed by atoms with Crippen LogP contribution in [0.25, 0.3) is 11.3 Å². The van der Waals surface area contributed by atoms with Crippen LogP contribution in [-0.2, 0) is 11.2 Å². The summed E-state index contributed by atoms with van der Waals surface area (Å²) in [6.45, 7) is 0. The SMILES string of the molecule is COc1cc([N+](=O)[O-])ccc1-c1ccc(C=NNC(=O)Cc2nnc(N)s2)o1. The molecule has 0 spiro atoms. The fraction of sp³-hybridized carbons (Fsp3) is 0.125. The molecule has 0 saturated heterocycles. The first kappa shape index (κ1) is 19.0. The van der Waals surface area contributed by atoms with Crippen molar-refractivity contribution in [2.75, 3.05) is 12.8 Å². The maximum Gasteiger partial charge on any atom is 0.273 e. The maximum absolute atomic E-state index is 11.8. The molecule has 0 aliphatic carbocycles. The molecule has 0 bridgehead atoms. The largest absolute Gasteiger partial charge is 0.496 e. The van der Waals surface area contributed by atoms with Gasteiger partial charge in [0.15, 0.2) is 0 Å². The zero-order chi connectivity index (χ0) is 20.1. The number of nitro groups is 1. The number of methoxy groups -OCH3 is 1. The number of aromatic nitrogens is 2. The zero-order valence-corrected chi connectivity index (χ0v) is 15.3. The number of hydrogen-bond acceptors (Lipinski definition) is 10. The monoisotopic (exact) mass is 402 g/mol. The second-order valence-corrected chi connectivity index (χ2v) is 6.44. The van der Waals surface area contributed by atoms with Crippen LogP contribution < -0.4 is 15.9 Å². The lowest BCUT2D eigenvalue weighted by molar-refractivity contribution is -0.384. The molecule has 2 aromatic heterocycles. The summed E-state index contributed by atoms with van der Waals surface area (Å²) >= 11 is 1.12. The number of benzene rings is 1. The number of non-ortho nitro benzene ring substituents is 1. The van der Waals surface area contributed by atoms with Gasteiger partial charge in [0.2, 0.25) is 11.0 Å². The number of furan rings is 1. The molecule has 28 heavy (non-hydrogen) atoms. The van der Waals surface area contributed by atoms with E-state index in [-0.39, 0.29) is 23.1 Å². The highest BCUT2D eigenvalue weighted by Gasteiger charge is 2.15. The number of nitrogen functional groups attached to an aromatic ring is 1. The predicted molar refractivity (Wildman–Crippen MR) is 101 cm³/mol. The van der Waals surface area contributed by atoms with Gasteiger partial charge in [0, 0.05) is 6.07 Å². The van der Waals surface area contributed by atoms with E-state index in [4.69, 9.17) is 14.9 Å². The van der Waals surface area contributed by atoms with E-state index < -0.39 is 4.92 Å². The Bertz CT molecular complexity index is 1040. The number of ether oxygens (including phenoxy) is 1. The number of nitro benzene ring substituents is 1. The first-order valence-corrected chi connectivity index (χ1v) is 8.60. The van der Waals surface area contributed by atoms with E-state index in [9.17, 15) is 14.9 Å². The minimum atomic E-state index is -0.509. The van der Waals surface area contributed by atoms with Crippen LogP contribution in [0.1, 0.15) is 10.8 Å². The van der Waals surface area contributed by atoms with Gasteiger partial charge in [-0.25, -0.2) is 5.43 Å². The van der Waals surface area contributed by atoms with Crippen LogP contribution in [-0.4, -0.2) is 34.4 Å². The summed E-state index contributed by atoms with van der Waals surface area (Å²) < 4.78 is 10.8. The van der Waals surface area contributed by atoms with E-state index in [1.807, 2.05) is 0 Å². The van der Waals surface area contributed by atoms with Crippen LogP contribution in [0.4, 0.5) is 10.8 Å². The summed E-state index contributed by atoms with van der Waals surface area (Å²) in [5.74, 6) is 0.729. The standard InChI is InChI=1S/C16H14N6O5S/c1-26-13-6-9(22(24)25)2-4-11(13)12-5-3-10(27-12)8-18-19-14(23)7-15-20-21-16(17)28-15/h2-6,8H,7H2,1H3,(H2,17,21)(H,19,23). The van der Waals surface area contributed by atoms with Crippen molar-refractivity contribution in [2.24, 2.45) is 5.10 Å². The zero-order valence-electron chi connectivity index (χ0n) is 14.5. The van der Waals surface area contributed by atoms with Crippen molar-refractivity contribution in [3.05, 3.63) is 51.2 Å². The lowest BCUT2D eigenvalue weighted by atomic mass is 10.1. The number of amides is 1. The first-order valence-electron chi connectivity index (χ1n) is 7.78. The van der Waals surface area contributed by atoms with Gasteiger partial charge in [-0.05, 0) is 18.2 Å². The van der Waals surface area contributed by atoms with E-state index in [2.05, 4.69) is 20.7 Å². The van der Waals surface area contributed by atoms with Gasteiger partial charge in [0.05, 0.1) is 36.3 Å². The molecule has 0 aliphatic heterocycles. The average Bonchev–Trinajstić information content (AvgIpc) is 3.30. The molecule has 0 atom stereocenters. The van der Waals surface area contributed by atoms with Crippen molar-refractivity contribution in [2.45, 2.75) is 6.42 Å².